The fourth-order valence-corrected chi connectivity index (χ4v) is 5.38. The Balaban J connectivity index is 1.42. The molecule has 2 aromatic heterocycles. The lowest BCUT2D eigenvalue weighted by Crippen LogP contribution is -2.42. The number of amides is 1. The maximum Gasteiger partial charge on any atom is 0.256 e. The van der Waals surface area contributed by atoms with Gasteiger partial charge in [0.05, 0.1) is 5.69 Å². The number of halogens is 1. The fraction of sp³-hybridized carbons (Fsp3) is 0.462. The number of nitrogens with one attached hydrogen (secondary N) is 4. The molecule has 0 atom stereocenters. The minimum absolute atomic E-state index is 0.0388. The maximum atomic E-state index is 13.5. The van der Waals surface area contributed by atoms with E-state index in [0.717, 1.165) is 37.2 Å². The lowest BCUT2D eigenvalue weighted by atomic mass is 9.85. The van der Waals surface area contributed by atoms with Crippen LogP contribution in [-0.4, -0.2) is 40.1 Å². The SMILES string of the molecule is CC(C)NC(=O)c1cnc(Nc2ccc3c(c2)CCNC3(C)C)nc1Nc1nc(C2(CF)CC2)cs1. The number of carbonyl (C=O) groups excluding carboxylic acids is 1. The summed E-state index contributed by atoms with van der Waals surface area (Å²) in [4.78, 5) is 26.5. The predicted octanol–water partition coefficient (Wildman–Crippen LogP) is 4.94. The van der Waals surface area contributed by atoms with Crippen molar-refractivity contribution in [2.75, 3.05) is 23.9 Å². The first-order chi connectivity index (χ1) is 17.2. The van der Waals surface area contributed by atoms with Gasteiger partial charge in [-0.1, -0.05) is 6.07 Å². The predicted molar refractivity (Wildman–Crippen MR) is 141 cm³/mol. The first-order valence-corrected chi connectivity index (χ1v) is 13.2. The first kappa shape index (κ1) is 24.6. The van der Waals surface area contributed by atoms with Crippen LogP contribution in [0.3, 0.4) is 0 Å². The van der Waals surface area contributed by atoms with Gasteiger partial charge in [0.15, 0.2) is 10.9 Å². The molecule has 1 saturated carbocycles. The van der Waals surface area contributed by atoms with Crippen LogP contribution in [0.4, 0.5) is 27.0 Å². The van der Waals surface area contributed by atoms with Gasteiger partial charge in [0.25, 0.3) is 5.91 Å². The van der Waals surface area contributed by atoms with Crippen molar-refractivity contribution in [1.82, 2.24) is 25.6 Å². The van der Waals surface area contributed by atoms with Gasteiger partial charge in [0.1, 0.15) is 12.2 Å². The number of thiazole rings is 1. The smallest absolute Gasteiger partial charge is 0.256 e. The number of fused-ring (bicyclic) bond motifs is 1. The van der Waals surface area contributed by atoms with Crippen molar-refractivity contribution in [3.63, 3.8) is 0 Å². The number of nitrogens with zero attached hydrogens (tertiary/aromatic N) is 3. The van der Waals surface area contributed by atoms with E-state index in [1.807, 2.05) is 25.3 Å². The Morgan fingerprint density at radius 2 is 2.03 bits per heavy atom. The van der Waals surface area contributed by atoms with E-state index in [0.29, 0.717) is 22.5 Å². The van der Waals surface area contributed by atoms with E-state index < -0.39 is 12.1 Å². The minimum atomic E-state index is -0.441. The molecule has 0 saturated heterocycles. The first-order valence-electron chi connectivity index (χ1n) is 12.3. The van der Waals surface area contributed by atoms with Crippen LogP contribution in [0.15, 0.2) is 29.8 Å². The molecule has 1 fully saturated rings. The molecule has 36 heavy (non-hydrogen) atoms. The maximum absolute atomic E-state index is 13.5. The molecule has 3 heterocycles. The Labute approximate surface area is 214 Å². The Hall–Kier alpha value is -3.11. The molecule has 5 rings (SSSR count). The van der Waals surface area contributed by atoms with Crippen LogP contribution in [0.5, 0.6) is 0 Å². The molecule has 0 radical (unpaired) electrons. The van der Waals surface area contributed by atoms with Crippen LogP contribution in [0.25, 0.3) is 0 Å². The van der Waals surface area contributed by atoms with Gasteiger partial charge in [-0.3, -0.25) is 9.18 Å². The Morgan fingerprint density at radius 3 is 2.75 bits per heavy atom. The second-order valence-corrected chi connectivity index (χ2v) is 11.3. The van der Waals surface area contributed by atoms with E-state index in [-0.39, 0.29) is 17.5 Å². The quantitative estimate of drug-likeness (QED) is 0.341. The Kier molecular flexibility index (Phi) is 6.42. The van der Waals surface area contributed by atoms with Crippen LogP contribution in [-0.2, 0) is 17.4 Å². The van der Waals surface area contributed by atoms with Gasteiger partial charge in [-0.25, -0.2) is 9.97 Å². The number of aromatic nitrogens is 3. The molecule has 8 nitrogen and oxygen atoms in total. The van der Waals surface area contributed by atoms with Gasteiger partial charge in [-0.15, -0.1) is 11.3 Å². The summed E-state index contributed by atoms with van der Waals surface area (Å²) in [5.74, 6) is 0.438. The van der Waals surface area contributed by atoms with Gasteiger partial charge < -0.3 is 21.3 Å². The molecular weight excluding hydrogens is 477 g/mol. The molecule has 1 aliphatic heterocycles. The third-order valence-electron chi connectivity index (χ3n) is 6.83. The van der Waals surface area contributed by atoms with Crippen molar-refractivity contribution in [2.45, 2.75) is 64.0 Å². The summed E-state index contributed by atoms with van der Waals surface area (Å²) in [5.41, 5.74) is 4.01. The summed E-state index contributed by atoms with van der Waals surface area (Å²) >= 11 is 1.38. The molecular formula is C26H32FN7OS. The van der Waals surface area contributed by atoms with Crippen LogP contribution >= 0.6 is 11.3 Å². The topological polar surface area (TPSA) is 104 Å². The highest BCUT2D eigenvalue weighted by Gasteiger charge is 2.46. The number of alkyl halides is 1. The lowest BCUT2D eigenvalue weighted by molar-refractivity contribution is 0.0943. The fourth-order valence-electron chi connectivity index (χ4n) is 4.55. The van der Waals surface area contributed by atoms with E-state index in [2.05, 4.69) is 62.2 Å². The number of hydrogen-bond donors (Lipinski definition) is 4. The number of rotatable bonds is 8. The summed E-state index contributed by atoms with van der Waals surface area (Å²) < 4.78 is 13.5. The normalized spacial score (nSPS) is 17.4. The second kappa shape index (κ2) is 9.40. The number of anilines is 4. The molecule has 4 N–H and O–H groups in total. The number of benzene rings is 1. The van der Waals surface area contributed by atoms with Crippen LogP contribution in [0, 0.1) is 0 Å². The van der Waals surface area contributed by atoms with E-state index in [9.17, 15) is 9.18 Å². The zero-order chi connectivity index (χ0) is 25.5. The van der Waals surface area contributed by atoms with E-state index in [4.69, 9.17) is 0 Å². The largest absolute Gasteiger partial charge is 0.350 e. The van der Waals surface area contributed by atoms with Crippen molar-refractivity contribution in [1.29, 1.82) is 0 Å². The number of hydrogen-bond acceptors (Lipinski definition) is 8. The zero-order valence-electron chi connectivity index (χ0n) is 21.0. The molecule has 2 aliphatic rings. The molecule has 3 aromatic rings. The Bertz CT molecular complexity index is 1290. The highest BCUT2D eigenvalue weighted by Crippen LogP contribution is 2.49. The minimum Gasteiger partial charge on any atom is -0.350 e. The zero-order valence-corrected chi connectivity index (χ0v) is 21.9. The summed E-state index contributed by atoms with van der Waals surface area (Å²) in [5, 5.41) is 15.4. The Morgan fingerprint density at radius 1 is 1.22 bits per heavy atom. The average Bonchev–Trinajstić information content (AvgIpc) is 3.49. The van der Waals surface area contributed by atoms with E-state index in [1.54, 1.807) is 0 Å². The standard InChI is InChI=1S/C26H32FN7OS/c1-15(2)30-22(35)18-12-28-23(31-17-5-6-19-16(11-17)7-10-29-25(19,3)4)33-21(18)34-24-32-20(13-36-24)26(14-27)8-9-26/h5-6,11-13,15,29H,7-10,14H2,1-4H3,(H,30,35)(H2,28,31,32,33,34). The monoisotopic (exact) mass is 509 g/mol. The van der Waals surface area contributed by atoms with Crippen LogP contribution in [0.2, 0.25) is 0 Å². The van der Waals surface area contributed by atoms with Gasteiger partial charge in [-0.05, 0) is 76.8 Å². The summed E-state index contributed by atoms with van der Waals surface area (Å²) in [7, 11) is 0. The molecule has 10 heteroatoms. The third-order valence-corrected chi connectivity index (χ3v) is 7.59. The van der Waals surface area contributed by atoms with Crippen LogP contribution in [0.1, 0.15) is 67.7 Å². The van der Waals surface area contributed by atoms with Gasteiger partial charge in [0.2, 0.25) is 5.95 Å². The highest BCUT2D eigenvalue weighted by atomic mass is 32.1. The molecule has 1 aliphatic carbocycles. The van der Waals surface area contributed by atoms with Crippen molar-refractivity contribution >= 4 is 39.8 Å². The summed E-state index contributed by atoms with van der Waals surface area (Å²) in [6.07, 6.45) is 4.08. The van der Waals surface area contributed by atoms with Crippen LogP contribution < -0.4 is 21.3 Å². The summed E-state index contributed by atoms with van der Waals surface area (Å²) in [6.45, 7) is 8.67. The summed E-state index contributed by atoms with van der Waals surface area (Å²) in [6, 6.07) is 6.24. The molecule has 0 unspecified atom stereocenters. The van der Waals surface area contributed by atoms with Crippen molar-refractivity contribution < 1.29 is 9.18 Å². The third kappa shape index (κ3) is 4.92. The lowest BCUT2D eigenvalue weighted by Gasteiger charge is -2.34. The number of carbonyl (C=O) groups is 1. The van der Waals surface area contributed by atoms with E-state index in [1.165, 1.54) is 28.7 Å². The van der Waals surface area contributed by atoms with Crippen molar-refractivity contribution in [3.8, 4) is 0 Å². The molecule has 1 aromatic carbocycles. The molecule has 190 valence electrons. The van der Waals surface area contributed by atoms with Crippen molar-refractivity contribution in [3.05, 3.63) is 52.2 Å². The average molecular weight is 510 g/mol. The van der Waals surface area contributed by atoms with Gasteiger partial charge >= 0.3 is 0 Å². The highest BCUT2D eigenvalue weighted by molar-refractivity contribution is 7.13. The van der Waals surface area contributed by atoms with Gasteiger partial charge in [-0.2, -0.15) is 4.98 Å². The molecule has 1 amide bonds. The molecule has 0 spiro atoms. The van der Waals surface area contributed by atoms with Gasteiger partial charge in [0, 0.05) is 34.3 Å². The van der Waals surface area contributed by atoms with E-state index >= 15 is 0 Å². The second-order valence-electron chi connectivity index (χ2n) is 10.5. The molecule has 0 bridgehead atoms. The van der Waals surface area contributed by atoms with Crippen molar-refractivity contribution in [2.24, 2.45) is 0 Å².